The summed E-state index contributed by atoms with van der Waals surface area (Å²) < 4.78 is 1.19. The number of hydrogen-bond acceptors (Lipinski definition) is 4. The average Bonchev–Trinajstić information content (AvgIpc) is 2.30. The van der Waals surface area contributed by atoms with Crippen molar-refractivity contribution < 1.29 is 0 Å². The van der Waals surface area contributed by atoms with Crippen LogP contribution in [0.2, 0.25) is 5.15 Å². The predicted molar refractivity (Wildman–Crippen MR) is 75.9 cm³/mol. The summed E-state index contributed by atoms with van der Waals surface area (Å²) in [5.74, 6) is -0.0319. The van der Waals surface area contributed by atoms with Gasteiger partial charge in [-0.2, -0.15) is 4.68 Å². The molecule has 19 heavy (non-hydrogen) atoms. The zero-order chi connectivity index (χ0) is 14.2. The molecule has 1 fully saturated rings. The Morgan fingerprint density at radius 1 is 1.16 bits per heavy atom. The molecule has 1 aromatic rings. The van der Waals surface area contributed by atoms with E-state index in [0.29, 0.717) is 18.7 Å². The minimum atomic E-state index is -0.469. The summed E-state index contributed by atoms with van der Waals surface area (Å²) in [5.41, 5.74) is -0.322. The molecule has 2 heterocycles. The number of aromatic nitrogens is 2. The van der Waals surface area contributed by atoms with Gasteiger partial charge in [-0.1, -0.05) is 25.4 Å². The Bertz CT molecular complexity index is 570. The molecule has 1 saturated heterocycles. The number of hydrogen-bond donors (Lipinski definition) is 1. The first-order chi connectivity index (χ1) is 8.91. The number of nitrogens with zero attached hydrogens (tertiary/aromatic N) is 3. The smallest absolute Gasteiger partial charge is 0.303 e. The molecule has 0 atom stereocenters. The molecule has 6 nitrogen and oxygen atoms in total. The van der Waals surface area contributed by atoms with E-state index in [-0.39, 0.29) is 16.6 Å². The van der Waals surface area contributed by atoms with E-state index >= 15 is 0 Å². The van der Waals surface area contributed by atoms with Crippen LogP contribution in [0.3, 0.4) is 0 Å². The van der Waals surface area contributed by atoms with Crippen molar-refractivity contribution in [2.45, 2.75) is 19.8 Å². The summed E-state index contributed by atoms with van der Waals surface area (Å²) in [6.07, 6.45) is 0. The van der Waals surface area contributed by atoms with Crippen molar-refractivity contribution in [3.05, 3.63) is 31.6 Å². The van der Waals surface area contributed by atoms with Crippen LogP contribution >= 0.6 is 11.6 Å². The highest BCUT2D eigenvalue weighted by Gasteiger charge is 2.21. The lowest BCUT2D eigenvalue weighted by Crippen LogP contribution is -2.58. The van der Waals surface area contributed by atoms with Gasteiger partial charge in [0.15, 0.2) is 0 Å². The molecule has 1 aliphatic heterocycles. The monoisotopic (exact) mass is 286 g/mol. The number of rotatable bonds is 2. The van der Waals surface area contributed by atoms with Crippen LogP contribution in [0.4, 0.5) is 0 Å². The molecule has 0 amide bonds. The molecule has 0 bridgehead atoms. The predicted octanol–water partition coefficient (Wildman–Crippen LogP) is 0.197. The summed E-state index contributed by atoms with van der Waals surface area (Å²) in [5, 5.41) is 1.93. The van der Waals surface area contributed by atoms with Gasteiger partial charge in [0.2, 0.25) is 0 Å². The van der Waals surface area contributed by atoms with Gasteiger partial charge in [0.1, 0.15) is 5.15 Å². The Labute approximate surface area is 116 Å². The van der Waals surface area contributed by atoms with E-state index in [1.165, 1.54) is 4.68 Å². The third kappa shape index (κ3) is 2.69. The third-order valence-electron chi connectivity index (χ3n) is 3.41. The maximum atomic E-state index is 12.4. The first-order valence-corrected chi connectivity index (χ1v) is 6.78. The van der Waals surface area contributed by atoms with Crippen LogP contribution in [-0.2, 0) is 0 Å². The van der Waals surface area contributed by atoms with Gasteiger partial charge in [-0.05, 0) is 13.0 Å². The number of aromatic amines is 1. The molecule has 0 spiro atoms. The van der Waals surface area contributed by atoms with Gasteiger partial charge in [-0.25, -0.2) is 4.79 Å². The maximum absolute atomic E-state index is 12.4. The van der Waals surface area contributed by atoms with E-state index in [1.807, 2.05) is 20.9 Å². The first-order valence-electron chi connectivity index (χ1n) is 6.40. The fourth-order valence-electron chi connectivity index (χ4n) is 2.27. The van der Waals surface area contributed by atoms with Crippen LogP contribution in [-0.4, -0.2) is 47.8 Å². The molecule has 0 saturated carbocycles. The largest absolute Gasteiger partial charge is 0.348 e. The Balaban J connectivity index is 2.49. The topological polar surface area (TPSA) is 61.3 Å². The lowest BCUT2D eigenvalue weighted by atomic mass is 10.1. The van der Waals surface area contributed by atoms with Crippen LogP contribution in [0, 0.1) is 0 Å². The minimum absolute atomic E-state index is 0.0319. The highest BCUT2D eigenvalue weighted by Crippen LogP contribution is 2.16. The third-order valence-corrected chi connectivity index (χ3v) is 3.71. The van der Waals surface area contributed by atoms with Crippen molar-refractivity contribution in [2.75, 3.05) is 38.2 Å². The van der Waals surface area contributed by atoms with E-state index in [2.05, 4.69) is 9.88 Å². The van der Waals surface area contributed by atoms with Crippen LogP contribution in [0.25, 0.3) is 0 Å². The zero-order valence-electron chi connectivity index (χ0n) is 11.4. The first kappa shape index (κ1) is 14.1. The van der Waals surface area contributed by atoms with Gasteiger partial charge in [0.25, 0.3) is 5.56 Å². The SMILES string of the molecule is CC(C)c1c(Cl)[nH]c(=O)n(N2CCN(C)CC2)c1=O. The summed E-state index contributed by atoms with van der Waals surface area (Å²) in [6, 6.07) is 0. The summed E-state index contributed by atoms with van der Waals surface area (Å²) in [4.78, 5) is 29.1. The molecular formula is C12H19ClN4O2. The number of likely N-dealkylation sites (N-methyl/N-ethyl adjacent to an activating group) is 1. The van der Waals surface area contributed by atoms with Gasteiger partial charge in [0.05, 0.1) is 5.56 Å². The Morgan fingerprint density at radius 3 is 2.26 bits per heavy atom. The molecule has 2 rings (SSSR count). The highest BCUT2D eigenvalue weighted by molar-refractivity contribution is 6.30. The highest BCUT2D eigenvalue weighted by atomic mass is 35.5. The van der Waals surface area contributed by atoms with Crippen molar-refractivity contribution in [3.63, 3.8) is 0 Å². The number of nitrogens with one attached hydrogen (secondary N) is 1. The molecule has 7 heteroatoms. The van der Waals surface area contributed by atoms with E-state index in [4.69, 9.17) is 11.6 Å². The summed E-state index contributed by atoms with van der Waals surface area (Å²) >= 11 is 5.97. The van der Waals surface area contributed by atoms with Crippen molar-refractivity contribution in [3.8, 4) is 0 Å². The zero-order valence-corrected chi connectivity index (χ0v) is 12.2. The van der Waals surface area contributed by atoms with E-state index in [9.17, 15) is 9.59 Å². The van der Waals surface area contributed by atoms with Crippen molar-refractivity contribution in [2.24, 2.45) is 0 Å². The molecular weight excluding hydrogens is 268 g/mol. The Hall–Kier alpha value is -1.27. The average molecular weight is 287 g/mol. The molecule has 0 aliphatic carbocycles. The molecule has 106 valence electrons. The van der Waals surface area contributed by atoms with E-state index in [1.54, 1.807) is 5.01 Å². The van der Waals surface area contributed by atoms with Gasteiger partial charge < -0.3 is 9.91 Å². The van der Waals surface area contributed by atoms with Crippen molar-refractivity contribution >= 4 is 11.6 Å². The van der Waals surface area contributed by atoms with E-state index < -0.39 is 5.69 Å². The summed E-state index contributed by atoms with van der Waals surface area (Å²) in [7, 11) is 2.02. The summed E-state index contributed by atoms with van der Waals surface area (Å²) in [6.45, 7) is 6.72. The molecule has 0 radical (unpaired) electrons. The lowest BCUT2D eigenvalue weighted by Gasteiger charge is -2.34. The van der Waals surface area contributed by atoms with Crippen molar-refractivity contribution in [1.82, 2.24) is 14.6 Å². The number of halogens is 1. The van der Waals surface area contributed by atoms with Crippen LogP contribution in [0.5, 0.6) is 0 Å². The molecule has 0 unspecified atom stereocenters. The van der Waals surface area contributed by atoms with Crippen LogP contribution < -0.4 is 16.3 Å². The second-order valence-electron chi connectivity index (χ2n) is 5.19. The molecule has 1 N–H and O–H groups in total. The molecule has 1 aromatic heterocycles. The van der Waals surface area contributed by atoms with Gasteiger partial charge >= 0.3 is 5.69 Å². The van der Waals surface area contributed by atoms with Crippen LogP contribution in [0.1, 0.15) is 25.3 Å². The maximum Gasteiger partial charge on any atom is 0.348 e. The fourth-order valence-corrected chi connectivity index (χ4v) is 2.65. The minimum Gasteiger partial charge on any atom is -0.303 e. The van der Waals surface area contributed by atoms with Gasteiger partial charge in [0, 0.05) is 26.2 Å². The van der Waals surface area contributed by atoms with Gasteiger partial charge in [-0.3, -0.25) is 9.78 Å². The van der Waals surface area contributed by atoms with Crippen molar-refractivity contribution in [1.29, 1.82) is 0 Å². The Kier molecular flexibility index (Phi) is 4.01. The fraction of sp³-hybridized carbons (Fsp3) is 0.667. The van der Waals surface area contributed by atoms with Crippen LogP contribution in [0.15, 0.2) is 9.59 Å². The lowest BCUT2D eigenvalue weighted by molar-refractivity contribution is 0.282. The second kappa shape index (κ2) is 5.38. The van der Waals surface area contributed by atoms with E-state index in [0.717, 1.165) is 13.1 Å². The normalized spacial score (nSPS) is 17.2. The Morgan fingerprint density at radius 2 is 1.74 bits per heavy atom. The number of H-pyrrole nitrogens is 1. The standard InChI is InChI=1S/C12H19ClN4O2/c1-8(2)9-10(13)14-12(19)17(11(9)18)16-6-4-15(3)5-7-16/h8H,4-7H2,1-3H3,(H,14,19). The molecule has 1 aliphatic rings. The molecule has 0 aromatic carbocycles. The van der Waals surface area contributed by atoms with Gasteiger partial charge in [-0.15, -0.1) is 0 Å². The second-order valence-corrected chi connectivity index (χ2v) is 5.56. The number of piperazine rings is 1. The quantitative estimate of drug-likeness (QED) is 0.789.